The quantitative estimate of drug-likeness (QED) is 0.886. The fourth-order valence-corrected chi connectivity index (χ4v) is 1.47. The van der Waals surface area contributed by atoms with E-state index in [0.717, 1.165) is 5.56 Å². The summed E-state index contributed by atoms with van der Waals surface area (Å²) >= 11 is 0. The fraction of sp³-hybridized carbons (Fsp3) is 0.0714. The molecule has 2 rings (SSSR count). The molecule has 0 aliphatic heterocycles. The van der Waals surface area contributed by atoms with Crippen LogP contribution in [0.25, 0.3) is 0 Å². The van der Waals surface area contributed by atoms with Crippen LogP contribution in [0, 0.1) is 11.3 Å². The van der Waals surface area contributed by atoms with Gasteiger partial charge in [-0.15, -0.1) is 0 Å². The molecule has 0 spiro atoms. The summed E-state index contributed by atoms with van der Waals surface area (Å²) in [5, 5.41) is 11.4. The zero-order chi connectivity index (χ0) is 12.8. The van der Waals surface area contributed by atoms with Crippen LogP contribution >= 0.6 is 0 Å². The van der Waals surface area contributed by atoms with Gasteiger partial charge in [0.1, 0.15) is 5.69 Å². The maximum atomic E-state index is 11.7. The van der Waals surface area contributed by atoms with Crippen LogP contribution in [0.3, 0.4) is 0 Å². The van der Waals surface area contributed by atoms with E-state index in [1.807, 2.05) is 18.2 Å². The summed E-state index contributed by atoms with van der Waals surface area (Å²) in [6.45, 7) is 0.418. The van der Waals surface area contributed by atoms with Crippen molar-refractivity contribution in [3.8, 4) is 6.07 Å². The first-order valence-electron chi connectivity index (χ1n) is 5.48. The minimum Gasteiger partial charge on any atom is -0.347 e. The third-order valence-electron chi connectivity index (χ3n) is 2.43. The summed E-state index contributed by atoms with van der Waals surface area (Å²) in [5.74, 6) is -0.208. The molecule has 0 saturated heterocycles. The lowest BCUT2D eigenvalue weighted by Crippen LogP contribution is -2.23. The Morgan fingerprint density at radius 3 is 2.61 bits per heavy atom. The Balaban J connectivity index is 1.95. The molecule has 1 heterocycles. The van der Waals surface area contributed by atoms with Crippen LogP contribution in [0.5, 0.6) is 0 Å². The third-order valence-corrected chi connectivity index (χ3v) is 2.43. The first-order chi connectivity index (χ1) is 8.79. The largest absolute Gasteiger partial charge is 0.347 e. The molecule has 1 aromatic heterocycles. The molecule has 0 atom stereocenters. The van der Waals surface area contributed by atoms with E-state index in [1.54, 1.807) is 36.5 Å². The highest BCUT2D eigenvalue weighted by Crippen LogP contribution is 2.03. The van der Waals surface area contributed by atoms with Crippen molar-refractivity contribution in [1.29, 1.82) is 5.26 Å². The zero-order valence-electron chi connectivity index (χ0n) is 9.63. The molecular weight excluding hydrogens is 226 g/mol. The Bertz CT molecular complexity index is 570. The van der Waals surface area contributed by atoms with Gasteiger partial charge in [-0.3, -0.25) is 9.78 Å². The van der Waals surface area contributed by atoms with Gasteiger partial charge in [0.15, 0.2) is 0 Å². The van der Waals surface area contributed by atoms with E-state index in [4.69, 9.17) is 5.26 Å². The molecule has 18 heavy (non-hydrogen) atoms. The highest BCUT2D eigenvalue weighted by atomic mass is 16.1. The molecule has 4 heteroatoms. The summed E-state index contributed by atoms with van der Waals surface area (Å²) in [6.07, 6.45) is 1.58. The van der Waals surface area contributed by atoms with Crippen molar-refractivity contribution < 1.29 is 4.79 Å². The van der Waals surface area contributed by atoms with Gasteiger partial charge < -0.3 is 5.32 Å². The Kier molecular flexibility index (Phi) is 3.67. The maximum Gasteiger partial charge on any atom is 0.270 e. The summed E-state index contributed by atoms with van der Waals surface area (Å²) in [6, 6.07) is 14.3. The number of pyridine rings is 1. The Morgan fingerprint density at radius 2 is 2.00 bits per heavy atom. The van der Waals surface area contributed by atoms with Crippen molar-refractivity contribution in [3.63, 3.8) is 0 Å². The number of aromatic nitrogens is 1. The summed E-state index contributed by atoms with van der Waals surface area (Å²) < 4.78 is 0. The van der Waals surface area contributed by atoms with Crippen LogP contribution in [-0.2, 0) is 6.54 Å². The molecule has 0 aliphatic rings. The van der Waals surface area contributed by atoms with Crippen molar-refractivity contribution in [3.05, 3.63) is 65.5 Å². The SMILES string of the molecule is N#Cc1ccc(CNC(=O)c2ccccn2)cc1. The molecule has 1 N–H and O–H groups in total. The lowest BCUT2D eigenvalue weighted by Gasteiger charge is -2.04. The van der Waals surface area contributed by atoms with Gasteiger partial charge in [0, 0.05) is 12.7 Å². The standard InChI is InChI=1S/C14H11N3O/c15-9-11-4-6-12(7-5-11)10-17-14(18)13-3-1-2-8-16-13/h1-8H,10H2,(H,17,18). The highest BCUT2D eigenvalue weighted by Gasteiger charge is 2.05. The smallest absolute Gasteiger partial charge is 0.270 e. The molecule has 0 saturated carbocycles. The van der Waals surface area contributed by atoms with Crippen LogP contribution in [0.1, 0.15) is 21.6 Å². The van der Waals surface area contributed by atoms with Gasteiger partial charge in [0.2, 0.25) is 0 Å². The fourth-order valence-electron chi connectivity index (χ4n) is 1.47. The third kappa shape index (κ3) is 2.92. The molecule has 4 nitrogen and oxygen atoms in total. The first-order valence-corrected chi connectivity index (χ1v) is 5.48. The minimum absolute atomic E-state index is 0.208. The van der Waals surface area contributed by atoms with Crippen LogP contribution in [0.4, 0.5) is 0 Å². The number of benzene rings is 1. The van der Waals surface area contributed by atoms with Gasteiger partial charge in [-0.25, -0.2) is 0 Å². The second-order valence-electron chi connectivity index (χ2n) is 3.71. The Hall–Kier alpha value is -2.67. The van der Waals surface area contributed by atoms with Gasteiger partial charge >= 0.3 is 0 Å². The number of carbonyl (C=O) groups excluding carboxylic acids is 1. The molecule has 0 aliphatic carbocycles. The second-order valence-corrected chi connectivity index (χ2v) is 3.71. The van der Waals surface area contributed by atoms with Crippen LogP contribution in [0.2, 0.25) is 0 Å². The minimum atomic E-state index is -0.208. The van der Waals surface area contributed by atoms with Crippen molar-refractivity contribution >= 4 is 5.91 Å². The molecule has 0 bridgehead atoms. The second kappa shape index (κ2) is 5.60. The number of nitrogens with zero attached hydrogens (tertiary/aromatic N) is 2. The van der Waals surface area contributed by atoms with Gasteiger partial charge in [-0.1, -0.05) is 18.2 Å². The van der Waals surface area contributed by atoms with E-state index in [9.17, 15) is 4.79 Å². The molecule has 1 aromatic carbocycles. The van der Waals surface area contributed by atoms with E-state index < -0.39 is 0 Å². The van der Waals surface area contributed by atoms with E-state index in [0.29, 0.717) is 17.8 Å². The number of carbonyl (C=O) groups is 1. The Morgan fingerprint density at radius 1 is 1.22 bits per heavy atom. The van der Waals surface area contributed by atoms with Crippen LogP contribution in [-0.4, -0.2) is 10.9 Å². The van der Waals surface area contributed by atoms with Gasteiger partial charge in [0.05, 0.1) is 11.6 Å². The molecule has 0 fully saturated rings. The van der Waals surface area contributed by atoms with Gasteiger partial charge in [-0.05, 0) is 29.8 Å². The number of nitrogens with one attached hydrogen (secondary N) is 1. The molecule has 1 amide bonds. The normalized spacial score (nSPS) is 9.50. The van der Waals surface area contributed by atoms with Crippen molar-refractivity contribution in [2.24, 2.45) is 0 Å². The lowest BCUT2D eigenvalue weighted by atomic mass is 10.1. The van der Waals surface area contributed by atoms with Gasteiger partial charge in [-0.2, -0.15) is 5.26 Å². The number of amides is 1. The molecule has 2 aromatic rings. The van der Waals surface area contributed by atoms with E-state index in [2.05, 4.69) is 10.3 Å². The first kappa shape index (κ1) is 11.8. The zero-order valence-corrected chi connectivity index (χ0v) is 9.63. The summed E-state index contributed by atoms with van der Waals surface area (Å²) in [7, 11) is 0. The predicted octanol–water partition coefficient (Wildman–Crippen LogP) is 1.88. The molecular formula is C14H11N3O. The predicted molar refractivity (Wildman–Crippen MR) is 66.6 cm³/mol. The topological polar surface area (TPSA) is 65.8 Å². The van der Waals surface area contributed by atoms with Crippen molar-refractivity contribution in [1.82, 2.24) is 10.3 Å². The highest BCUT2D eigenvalue weighted by molar-refractivity contribution is 5.92. The van der Waals surface area contributed by atoms with E-state index in [-0.39, 0.29) is 5.91 Å². The van der Waals surface area contributed by atoms with E-state index in [1.165, 1.54) is 0 Å². The van der Waals surface area contributed by atoms with E-state index >= 15 is 0 Å². The van der Waals surface area contributed by atoms with Crippen molar-refractivity contribution in [2.45, 2.75) is 6.54 Å². The Labute approximate surface area is 105 Å². The maximum absolute atomic E-state index is 11.7. The average molecular weight is 237 g/mol. The number of nitriles is 1. The van der Waals surface area contributed by atoms with Crippen LogP contribution in [0.15, 0.2) is 48.7 Å². The average Bonchev–Trinajstić information content (AvgIpc) is 2.46. The molecule has 88 valence electrons. The summed E-state index contributed by atoms with van der Waals surface area (Å²) in [4.78, 5) is 15.7. The molecule has 0 unspecified atom stereocenters. The van der Waals surface area contributed by atoms with Crippen LogP contribution < -0.4 is 5.32 Å². The number of hydrogen-bond acceptors (Lipinski definition) is 3. The van der Waals surface area contributed by atoms with Gasteiger partial charge in [0.25, 0.3) is 5.91 Å². The number of rotatable bonds is 3. The number of hydrogen-bond donors (Lipinski definition) is 1. The summed E-state index contributed by atoms with van der Waals surface area (Å²) in [5.41, 5.74) is 1.94. The van der Waals surface area contributed by atoms with Crippen molar-refractivity contribution in [2.75, 3.05) is 0 Å². The monoisotopic (exact) mass is 237 g/mol. The molecule has 0 radical (unpaired) electrons. The lowest BCUT2D eigenvalue weighted by molar-refractivity contribution is 0.0946.